The maximum atomic E-state index is 11.2. The van der Waals surface area contributed by atoms with Crippen LogP contribution in [0.25, 0.3) is 0 Å². The van der Waals surface area contributed by atoms with Gasteiger partial charge >= 0.3 is 6.01 Å². The summed E-state index contributed by atoms with van der Waals surface area (Å²) in [5.41, 5.74) is 1.03. The van der Waals surface area contributed by atoms with E-state index in [0.29, 0.717) is 37.5 Å². The number of hydrogen-bond donors (Lipinski definition) is 1. The molecule has 1 aliphatic rings. The number of piperidine rings is 1. The number of thiophene rings is 1. The highest BCUT2D eigenvalue weighted by molar-refractivity contribution is 7.07. The van der Waals surface area contributed by atoms with E-state index in [1.165, 1.54) is 5.56 Å². The minimum Gasteiger partial charge on any atom is -0.478 e. The predicted molar refractivity (Wildman–Crippen MR) is 97.1 cm³/mol. The lowest BCUT2D eigenvalue weighted by Crippen LogP contribution is -2.42. The highest BCUT2D eigenvalue weighted by Crippen LogP contribution is 2.37. The van der Waals surface area contributed by atoms with Gasteiger partial charge in [-0.2, -0.15) is 16.3 Å². The van der Waals surface area contributed by atoms with Crippen LogP contribution >= 0.6 is 11.3 Å². The average Bonchev–Trinajstić information content (AvgIpc) is 3.11. The van der Waals surface area contributed by atoms with Crippen molar-refractivity contribution in [1.29, 1.82) is 0 Å². The Balaban J connectivity index is 1.72. The van der Waals surface area contributed by atoms with Gasteiger partial charge in [0.1, 0.15) is 0 Å². The summed E-state index contributed by atoms with van der Waals surface area (Å²) in [4.78, 5) is 10.9. The Labute approximate surface area is 152 Å². The van der Waals surface area contributed by atoms with Crippen LogP contribution < -0.4 is 9.47 Å². The molecule has 0 radical (unpaired) electrons. The number of aliphatic hydroxyl groups is 1. The third kappa shape index (κ3) is 4.29. The molecular formula is C18H25N3O3S. The number of likely N-dealkylation sites (tertiary alicyclic amines) is 1. The molecular weight excluding hydrogens is 338 g/mol. The average molecular weight is 363 g/mol. The first-order chi connectivity index (χ1) is 12.1. The zero-order valence-electron chi connectivity index (χ0n) is 14.8. The van der Waals surface area contributed by atoms with Gasteiger partial charge in [-0.1, -0.05) is 0 Å². The normalized spacial score (nSPS) is 17.4. The lowest BCUT2D eigenvalue weighted by molar-refractivity contribution is -0.0303. The van der Waals surface area contributed by atoms with Gasteiger partial charge in [0.15, 0.2) is 0 Å². The van der Waals surface area contributed by atoms with E-state index < -0.39 is 5.60 Å². The number of nitrogens with zero attached hydrogens (tertiary/aromatic N) is 3. The van der Waals surface area contributed by atoms with Crippen molar-refractivity contribution in [2.24, 2.45) is 0 Å². The van der Waals surface area contributed by atoms with Crippen molar-refractivity contribution >= 4 is 11.3 Å². The second-order valence-electron chi connectivity index (χ2n) is 6.18. The molecule has 2 aromatic rings. The van der Waals surface area contributed by atoms with Crippen molar-refractivity contribution in [3.8, 4) is 11.9 Å². The van der Waals surface area contributed by atoms with E-state index in [2.05, 4.69) is 31.7 Å². The van der Waals surface area contributed by atoms with Crippen LogP contribution in [0.2, 0.25) is 0 Å². The summed E-state index contributed by atoms with van der Waals surface area (Å²) in [6.07, 6.45) is 2.92. The maximum absolute atomic E-state index is 11.2. The maximum Gasteiger partial charge on any atom is 0.319 e. The summed E-state index contributed by atoms with van der Waals surface area (Å²) in [7, 11) is 0. The summed E-state index contributed by atoms with van der Waals surface area (Å²) in [5, 5.41) is 15.5. The Morgan fingerprint density at radius 3 is 2.64 bits per heavy atom. The molecule has 3 rings (SSSR count). The van der Waals surface area contributed by atoms with Crippen molar-refractivity contribution in [2.45, 2.75) is 38.8 Å². The number of ether oxygens (including phenoxy) is 2. The topological polar surface area (TPSA) is 67.7 Å². The summed E-state index contributed by atoms with van der Waals surface area (Å²) in [6.45, 7) is 7.34. The van der Waals surface area contributed by atoms with E-state index >= 15 is 0 Å². The van der Waals surface area contributed by atoms with Gasteiger partial charge in [0.25, 0.3) is 0 Å². The zero-order valence-corrected chi connectivity index (χ0v) is 15.6. The van der Waals surface area contributed by atoms with Crippen LogP contribution in [0.1, 0.15) is 37.8 Å². The van der Waals surface area contributed by atoms with E-state index in [1.54, 1.807) is 17.5 Å². The lowest BCUT2D eigenvalue weighted by Gasteiger charge is -2.38. The van der Waals surface area contributed by atoms with E-state index in [-0.39, 0.29) is 6.01 Å². The molecule has 0 amide bonds. The van der Waals surface area contributed by atoms with Crippen molar-refractivity contribution in [3.63, 3.8) is 0 Å². The fourth-order valence-corrected chi connectivity index (χ4v) is 3.77. The van der Waals surface area contributed by atoms with Gasteiger partial charge in [0.05, 0.1) is 24.4 Å². The Hall–Kier alpha value is -1.70. The highest BCUT2D eigenvalue weighted by atomic mass is 32.1. The molecule has 0 aromatic carbocycles. The molecule has 2 aromatic heterocycles. The standard InChI is InChI=1S/C18H25N3O3S/c1-3-23-16-15(11-19-17(20-16)24-4-2)18(22)6-8-21(9-7-18)12-14-5-10-25-13-14/h5,10-11,13,22H,3-4,6-9,12H2,1-2H3. The van der Waals surface area contributed by atoms with Crippen LogP contribution in [0, 0.1) is 0 Å². The molecule has 0 unspecified atom stereocenters. The van der Waals surface area contributed by atoms with E-state index in [0.717, 1.165) is 19.6 Å². The third-order valence-electron chi connectivity index (χ3n) is 4.46. The molecule has 25 heavy (non-hydrogen) atoms. The van der Waals surface area contributed by atoms with Gasteiger partial charge in [-0.05, 0) is 49.1 Å². The van der Waals surface area contributed by atoms with Gasteiger partial charge in [-0.3, -0.25) is 4.90 Å². The Morgan fingerprint density at radius 2 is 2.00 bits per heavy atom. The van der Waals surface area contributed by atoms with Gasteiger partial charge < -0.3 is 14.6 Å². The molecule has 1 N–H and O–H groups in total. The minimum atomic E-state index is -0.958. The van der Waals surface area contributed by atoms with Gasteiger partial charge in [0, 0.05) is 25.8 Å². The van der Waals surface area contributed by atoms with Crippen molar-refractivity contribution in [2.75, 3.05) is 26.3 Å². The fourth-order valence-electron chi connectivity index (χ4n) is 3.11. The minimum absolute atomic E-state index is 0.285. The van der Waals surface area contributed by atoms with Crippen molar-refractivity contribution in [3.05, 3.63) is 34.2 Å². The highest BCUT2D eigenvalue weighted by Gasteiger charge is 2.37. The van der Waals surface area contributed by atoms with Crippen LogP contribution in [0.3, 0.4) is 0 Å². The fraction of sp³-hybridized carbons (Fsp3) is 0.556. The second-order valence-corrected chi connectivity index (χ2v) is 6.96. The van der Waals surface area contributed by atoms with Crippen LogP contribution in [0.15, 0.2) is 23.0 Å². The van der Waals surface area contributed by atoms with Gasteiger partial charge in [-0.15, -0.1) is 0 Å². The lowest BCUT2D eigenvalue weighted by atomic mass is 9.85. The Bertz CT molecular complexity index is 670. The molecule has 0 aliphatic carbocycles. The monoisotopic (exact) mass is 363 g/mol. The zero-order chi connectivity index (χ0) is 17.7. The molecule has 1 fully saturated rings. The Morgan fingerprint density at radius 1 is 1.24 bits per heavy atom. The largest absolute Gasteiger partial charge is 0.478 e. The molecule has 6 nitrogen and oxygen atoms in total. The molecule has 0 bridgehead atoms. The van der Waals surface area contributed by atoms with Crippen molar-refractivity contribution < 1.29 is 14.6 Å². The quantitative estimate of drug-likeness (QED) is 0.816. The van der Waals surface area contributed by atoms with E-state index in [4.69, 9.17) is 9.47 Å². The van der Waals surface area contributed by atoms with Crippen LogP contribution in [0.4, 0.5) is 0 Å². The molecule has 0 atom stereocenters. The van der Waals surface area contributed by atoms with Gasteiger partial charge in [-0.25, -0.2) is 4.98 Å². The van der Waals surface area contributed by atoms with Crippen LogP contribution in [-0.4, -0.2) is 46.3 Å². The smallest absolute Gasteiger partial charge is 0.319 e. The second kappa shape index (κ2) is 8.12. The number of aromatic nitrogens is 2. The molecule has 136 valence electrons. The van der Waals surface area contributed by atoms with Gasteiger partial charge in [0.2, 0.25) is 5.88 Å². The molecule has 1 aliphatic heterocycles. The Kier molecular flexibility index (Phi) is 5.88. The summed E-state index contributed by atoms with van der Waals surface area (Å²) in [5.74, 6) is 0.426. The molecule has 0 saturated carbocycles. The number of rotatable bonds is 7. The number of hydrogen-bond acceptors (Lipinski definition) is 7. The molecule has 1 saturated heterocycles. The van der Waals surface area contributed by atoms with Crippen LogP contribution in [-0.2, 0) is 12.1 Å². The molecule has 7 heteroatoms. The first-order valence-corrected chi connectivity index (χ1v) is 9.68. The summed E-state index contributed by atoms with van der Waals surface area (Å²) in [6, 6.07) is 2.44. The van der Waals surface area contributed by atoms with E-state index in [1.807, 2.05) is 13.8 Å². The third-order valence-corrected chi connectivity index (χ3v) is 5.19. The summed E-state index contributed by atoms with van der Waals surface area (Å²) >= 11 is 1.72. The first-order valence-electron chi connectivity index (χ1n) is 8.73. The summed E-state index contributed by atoms with van der Waals surface area (Å²) < 4.78 is 11.0. The SMILES string of the molecule is CCOc1ncc(C2(O)CCN(Cc3ccsc3)CC2)c(OCC)n1. The van der Waals surface area contributed by atoms with Crippen molar-refractivity contribution in [1.82, 2.24) is 14.9 Å². The molecule has 3 heterocycles. The van der Waals surface area contributed by atoms with Crippen LogP contribution in [0.5, 0.6) is 11.9 Å². The van der Waals surface area contributed by atoms with E-state index in [9.17, 15) is 5.11 Å². The first kappa shape index (κ1) is 18.1. The molecule has 0 spiro atoms. The predicted octanol–water partition coefficient (Wildman–Crippen LogP) is 2.82.